The molecule has 0 saturated heterocycles. The molecule has 1 aliphatic rings. The number of aliphatic hydroxyl groups excluding tert-OH is 1. The molecule has 0 unspecified atom stereocenters. The molecule has 0 spiro atoms. The monoisotopic (exact) mass is 1080 g/mol. The number of aliphatic carboxylic acids is 1. The van der Waals surface area contributed by atoms with Crippen molar-refractivity contribution in [1.29, 1.82) is 0 Å². The van der Waals surface area contributed by atoms with E-state index in [1.54, 1.807) is 39.2 Å². The minimum atomic E-state index is -1.77. The first-order chi connectivity index (χ1) is 36.3. The summed E-state index contributed by atoms with van der Waals surface area (Å²) >= 11 is 0. The van der Waals surface area contributed by atoms with E-state index in [4.69, 9.17) is 16.5 Å². The summed E-state index contributed by atoms with van der Waals surface area (Å²) in [7, 11) is 0. The molecule has 2 aromatic carbocycles. The van der Waals surface area contributed by atoms with E-state index in [9.17, 15) is 57.8 Å². The summed E-state index contributed by atoms with van der Waals surface area (Å²) < 4.78 is 31.4. The maximum absolute atomic E-state index is 15.2. The number of amides is 8. The van der Waals surface area contributed by atoms with Gasteiger partial charge in [0.25, 0.3) is 23.6 Å². The number of imidazole rings is 1. The molecule has 0 fully saturated rings. The highest BCUT2D eigenvalue weighted by Gasteiger charge is 2.42. The van der Waals surface area contributed by atoms with Crippen molar-refractivity contribution in [2.45, 2.75) is 143 Å². The van der Waals surface area contributed by atoms with Crippen molar-refractivity contribution in [2.24, 2.45) is 22.8 Å². The van der Waals surface area contributed by atoms with E-state index in [-0.39, 0.29) is 68.9 Å². The Morgan fingerprint density at radius 2 is 1.43 bits per heavy atom. The van der Waals surface area contributed by atoms with E-state index in [2.05, 4.69) is 16.0 Å². The van der Waals surface area contributed by atoms with E-state index in [0.29, 0.717) is 30.6 Å². The van der Waals surface area contributed by atoms with Gasteiger partial charge in [-0.2, -0.15) is 0 Å². The molecule has 8 amide bonds. The zero-order valence-corrected chi connectivity index (χ0v) is 44.8. The number of carbonyl (C=O) groups is 9. The molecule has 9 N–H and O–H groups in total. The zero-order valence-electron chi connectivity index (χ0n) is 44.8. The summed E-state index contributed by atoms with van der Waals surface area (Å²) in [5, 5.41) is 28.3. The first-order valence-electron chi connectivity index (χ1n) is 25.8. The number of halogens is 2. The molecular weight excluding hydrogens is 1000 g/mol. The Kier molecular flexibility index (Phi) is 23.3. The van der Waals surface area contributed by atoms with Crippen LogP contribution in [0, 0.1) is 23.0 Å². The van der Waals surface area contributed by atoms with E-state index in [1.807, 2.05) is 30.3 Å². The maximum atomic E-state index is 15.2. The highest BCUT2D eigenvalue weighted by molar-refractivity contribution is 6.12. The lowest BCUT2D eigenvalue weighted by Gasteiger charge is -2.40. The Labute approximate surface area is 447 Å². The van der Waals surface area contributed by atoms with E-state index in [0.717, 1.165) is 28.7 Å². The van der Waals surface area contributed by atoms with Gasteiger partial charge in [-0.25, -0.2) is 18.6 Å². The number of hydrogen-bond donors (Lipinski definition) is 7. The predicted molar refractivity (Wildman–Crippen MR) is 279 cm³/mol. The summed E-state index contributed by atoms with van der Waals surface area (Å²) in [6, 6.07) is 3.64. The number of carboxylic acid groups (broad SMARTS) is 1. The second kappa shape index (κ2) is 28.8. The molecule has 0 radical (unpaired) electrons. The quantitative estimate of drug-likeness (QED) is 0.0389. The summed E-state index contributed by atoms with van der Waals surface area (Å²) in [5.74, 6) is -9.35. The smallest absolute Gasteiger partial charge is 0.326 e. The van der Waals surface area contributed by atoms with Crippen LogP contribution in [0.2, 0.25) is 0 Å². The molecule has 0 bridgehead atoms. The Bertz CT molecular complexity index is 2600. The van der Waals surface area contributed by atoms with Crippen LogP contribution in [0.1, 0.15) is 117 Å². The lowest BCUT2D eigenvalue weighted by atomic mass is 9.84. The number of unbranched alkanes of at least 4 members (excludes halogenated alkanes) is 3. The maximum Gasteiger partial charge on any atom is 0.326 e. The molecule has 23 heteroatoms. The van der Waals surface area contributed by atoms with Crippen molar-refractivity contribution in [1.82, 2.24) is 40.2 Å². The molecule has 0 saturated carbocycles. The minimum absolute atomic E-state index is 0.00491. The van der Waals surface area contributed by atoms with Crippen LogP contribution in [0.5, 0.6) is 0 Å². The molecule has 2 heterocycles. The first kappa shape index (κ1) is 62.3. The summed E-state index contributed by atoms with van der Waals surface area (Å²) in [5.41, 5.74) is 12.0. The molecule has 1 aromatic heterocycles. The standard InChI is InChI=1S/C54H74F2N10O11/c1-32(2)46(62-42(68)19-12-9-15-26-64-43(69)22-23-44(64)70)50(73)60-34(4)52(75)66(41(53(76)77)18-13-14-25-57)51(74)33(3)59-49(72)39(58)24-27-65(45(71)31-67)47(54(5,6)7)48-61-40(37-28-36(55)20-21-38(37)56)30-63(48)29-35-16-10-8-11-17-35/h8,10-11,16-17,20-23,28,30,32-34,39,41,46-47,67H,9,12-15,18-19,24-27,29,31,57-58H2,1-7H3,(H,59,72)(H,60,73)(H,62,68)(H,76,77)/t33-,34+,39+,41+,46+,47+/m1/s1. The minimum Gasteiger partial charge on any atom is -0.480 e. The number of aromatic nitrogens is 2. The predicted octanol–water partition coefficient (Wildman–Crippen LogP) is 3.08. The lowest BCUT2D eigenvalue weighted by molar-refractivity contribution is -0.160. The average Bonchev–Trinajstić information content (AvgIpc) is 3.93. The number of benzene rings is 2. The highest BCUT2D eigenvalue weighted by atomic mass is 19.1. The largest absolute Gasteiger partial charge is 0.480 e. The van der Waals surface area contributed by atoms with Gasteiger partial charge in [0, 0.05) is 50.0 Å². The molecule has 6 atom stereocenters. The summed E-state index contributed by atoms with van der Waals surface area (Å²) in [4.78, 5) is 127. The van der Waals surface area contributed by atoms with Gasteiger partial charge < -0.3 is 47.1 Å². The van der Waals surface area contributed by atoms with Crippen molar-refractivity contribution in [3.8, 4) is 11.3 Å². The Balaban J connectivity index is 1.52. The molecule has 21 nitrogen and oxygen atoms in total. The van der Waals surface area contributed by atoms with Crippen molar-refractivity contribution in [2.75, 3.05) is 26.2 Å². The van der Waals surface area contributed by atoms with Gasteiger partial charge in [0.15, 0.2) is 0 Å². The number of hydrogen-bond acceptors (Lipinski definition) is 13. The van der Waals surface area contributed by atoms with Crippen molar-refractivity contribution in [3.05, 3.63) is 89.9 Å². The zero-order chi connectivity index (χ0) is 57.3. The second-order valence-electron chi connectivity index (χ2n) is 20.5. The van der Waals surface area contributed by atoms with Crippen LogP contribution >= 0.6 is 0 Å². The van der Waals surface area contributed by atoms with Crippen LogP contribution in [0.15, 0.2) is 66.9 Å². The number of rotatable bonds is 29. The van der Waals surface area contributed by atoms with Crippen LogP contribution in [-0.2, 0) is 49.7 Å². The fourth-order valence-corrected chi connectivity index (χ4v) is 8.86. The summed E-state index contributed by atoms with van der Waals surface area (Å²) in [6.45, 7) is 10.5. The Morgan fingerprint density at radius 3 is 2.00 bits per heavy atom. The number of nitrogens with zero attached hydrogens (tertiary/aromatic N) is 5. The van der Waals surface area contributed by atoms with Gasteiger partial charge in [0.1, 0.15) is 48.2 Å². The highest BCUT2D eigenvalue weighted by Crippen LogP contribution is 2.40. The molecule has 77 heavy (non-hydrogen) atoms. The molecule has 1 aliphatic heterocycles. The van der Waals surface area contributed by atoms with E-state index < -0.39 is 119 Å². The van der Waals surface area contributed by atoms with Gasteiger partial charge in [-0.3, -0.25) is 48.2 Å². The topological polar surface area (TPSA) is 310 Å². The molecule has 4 rings (SSSR count). The Hall–Kier alpha value is -7.24. The van der Waals surface area contributed by atoms with Crippen LogP contribution in [0.3, 0.4) is 0 Å². The number of imide groups is 2. The Morgan fingerprint density at radius 1 is 0.805 bits per heavy atom. The van der Waals surface area contributed by atoms with Gasteiger partial charge in [-0.05, 0) is 94.0 Å². The van der Waals surface area contributed by atoms with Gasteiger partial charge in [0.2, 0.25) is 23.6 Å². The molecule has 3 aromatic rings. The third-order valence-electron chi connectivity index (χ3n) is 13.0. The third kappa shape index (κ3) is 17.4. The number of carbonyl (C=O) groups excluding carboxylic acids is 8. The van der Waals surface area contributed by atoms with Crippen molar-refractivity contribution >= 4 is 53.2 Å². The van der Waals surface area contributed by atoms with Crippen molar-refractivity contribution in [3.63, 3.8) is 0 Å². The number of nitrogens with two attached hydrogens (primary N) is 2. The molecular formula is C54H74F2N10O11. The second-order valence-corrected chi connectivity index (χ2v) is 20.5. The first-order valence-corrected chi connectivity index (χ1v) is 25.8. The van der Waals surface area contributed by atoms with Crippen LogP contribution in [0.4, 0.5) is 8.78 Å². The van der Waals surface area contributed by atoms with E-state index >= 15 is 4.39 Å². The normalized spacial score (nSPS) is 14.8. The fourth-order valence-electron chi connectivity index (χ4n) is 8.86. The number of carboxylic acids is 1. The van der Waals surface area contributed by atoms with Gasteiger partial charge in [-0.15, -0.1) is 0 Å². The van der Waals surface area contributed by atoms with Crippen LogP contribution < -0.4 is 27.4 Å². The number of nitrogens with one attached hydrogen (secondary N) is 3. The molecule has 0 aliphatic carbocycles. The SMILES string of the molecule is CC(C)[C@H](NC(=O)CCCCCN1C(=O)C=CC1=O)C(=O)N[C@@H](C)C(=O)N(C(=O)[C@@H](C)NC(=O)[C@@H](N)CCN(C(=O)CO)[C@@H](c1nc(-c2cc(F)ccc2F)cn1Cc1ccccc1)C(C)(C)C)[C@@H](CCCCN)C(=O)O. The van der Waals surface area contributed by atoms with Gasteiger partial charge >= 0.3 is 5.97 Å². The van der Waals surface area contributed by atoms with Gasteiger partial charge in [0.05, 0.1) is 17.8 Å². The van der Waals surface area contributed by atoms with Gasteiger partial charge in [-0.1, -0.05) is 71.4 Å². The van der Waals surface area contributed by atoms with E-state index in [1.165, 1.54) is 37.1 Å². The van der Waals surface area contributed by atoms with Crippen LogP contribution in [0.25, 0.3) is 11.3 Å². The average molecular weight is 1080 g/mol. The third-order valence-corrected chi connectivity index (χ3v) is 13.0. The number of aliphatic hydroxyl groups is 1. The summed E-state index contributed by atoms with van der Waals surface area (Å²) in [6.07, 6.45) is 5.25. The van der Waals surface area contributed by atoms with Crippen molar-refractivity contribution < 1.29 is 62.1 Å². The lowest BCUT2D eigenvalue weighted by Crippen LogP contribution is -2.61. The fraction of sp³-hybridized carbons (Fsp3) is 0.519. The van der Waals surface area contributed by atoms with Crippen LogP contribution in [-0.4, -0.2) is 144 Å². The molecule has 420 valence electrons.